The summed E-state index contributed by atoms with van der Waals surface area (Å²) in [6.07, 6.45) is 10.4. The number of hydrogen-bond donors (Lipinski definition) is 2. The van der Waals surface area contributed by atoms with Gasteiger partial charge in [-0.2, -0.15) is 0 Å². The Morgan fingerprint density at radius 3 is 1.95 bits per heavy atom. The van der Waals surface area contributed by atoms with Crippen LogP contribution in [-0.4, -0.2) is 16.6 Å². The van der Waals surface area contributed by atoms with Gasteiger partial charge in [-0.15, -0.1) is 0 Å². The van der Waals surface area contributed by atoms with Crippen LogP contribution < -0.4 is 5.73 Å². The molecule has 0 heterocycles. The molecule has 5 rings (SSSR count). The molecular formula is C16H25NO2. The Balaban J connectivity index is 1.70. The third kappa shape index (κ3) is 1.70. The average molecular weight is 263 g/mol. The molecule has 19 heavy (non-hydrogen) atoms. The van der Waals surface area contributed by atoms with E-state index < -0.39 is 11.5 Å². The van der Waals surface area contributed by atoms with Gasteiger partial charge in [0.2, 0.25) is 0 Å². The van der Waals surface area contributed by atoms with Crippen molar-refractivity contribution in [3.05, 3.63) is 0 Å². The van der Waals surface area contributed by atoms with Crippen LogP contribution in [0.15, 0.2) is 0 Å². The Labute approximate surface area is 114 Å². The van der Waals surface area contributed by atoms with Crippen molar-refractivity contribution in [1.82, 2.24) is 0 Å². The number of hydrogen-bond acceptors (Lipinski definition) is 2. The Bertz CT molecular complexity index is 380. The first kappa shape index (κ1) is 12.2. The van der Waals surface area contributed by atoms with Gasteiger partial charge >= 0.3 is 5.97 Å². The minimum absolute atomic E-state index is 0.168. The van der Waals surface area contributed by atoms with Crippen LogP contribution in [0, 0.1) is 29.1 Å². The molecule has 0 spiro atoms. The molecule has 0 saturated heterocycles. The molecule has 0 aromatic heterocycles. The molecule has 0 aliphatic heterocycles. The molecule has 5 aliphatic carbocycles. The van der Waals surface area contributed by atoms with Gasteiger partial charge in [0.05, 0.1) is 6.42 Å². The first-order chi connectivity index (χ1) is 9.01. The van der Waals surface area contributed by atoms with Gasteiger partial charge < -0.3 is 10.8 Å². The molecule has 4 bridgehead atoms. The summed E-state index contributed by atoms with van der Waals surface area (Å²) < 4.78 is 0. The molecule has 5 saturated carbocycles. The van der Waals surface area contributed by atoms with Gasteiger partial charge in [0, 0.05) is 5.54 Å². The second kappa shape index (κ2) is 3.75. The lowest BCUT2D eigenvalue weighted by atomic mass is 9.43. The Morgan fingerprint density at radius 2 is 1.58 bits per heavy atom. The molecule has 0 amide bonds. The van der Waals surface area contributed by atoms with Gasteiger partial charge in [-0.1, -0.05) is 0 Å². The van der Waals surface area contributed by atoms with E-state index in [9.17, 15) is 9.90 Å². The number of carbonyl (C=O) groups is 1. The third-order valence-electron chi connectivity index (χ3n) is 6.78. The largest absolute Gasteiger partial charge is 0.481 e. The minimum atomic E-state index is -0.690. The Morgan fingerprint density at radius 1 is 1.11 bits per heavy atom. The van der Waals surface area contributed by atoms with E-state index in [1.165, 1.54) is 38.5 Å². The Hall–Kier alpha value is -0.570. The fraction of sp³-hybridized carbons (Fsp3) is 0.938. The van der Waals surface area contributed by atoms with Gasteiger partial charge in [-0.05, 0) is 80.5 Å². The predicted molar refractivity (Wildman–Crippen MR) is 72.5 cm³/mol. The highest BCUT2D eigenvalue weighted by Gasteiger charge is 2.63. The molecule has 0 aromatic rings. The Kier molecular flexibility index (Phi) is 2.41. The van der Waals surface area contributed by atoms with E-state index in [0.29, 0.717) is 5.92 Å². The lowest BCUT2D eigenvalue weighted by molar-refractivity contribution is -0.147. The van der Waals surface area contributed by atoms with Crippen molar-refractivity contribution >= 4 is 5.97 Å². The molecule has 0 aromatic carbocycles. The first-order valence-electron chi connectivity index (χ1n) is 8.01. The number of carboxylic acid groups (broad SMARTS) is 1. The van der Waals surface area contributed by atoms with Crippen molar-refractivity contribution in [1.29, 1.82) is 0 Å². The minimum Gasteiger partial charge on any atom is -0.481 e. The van der Waals surface area contributed by atoms with E-state index in [0.717, 1.165) is 30.6 Å². The van der Waals surface area contributed by atoms with Crippen LogP contribution in [0.25, 0.3) is 0 Å². The third-order valence-corrected chi connectivity index (χ3v) is 6.78. The molecule has 3 N–H and O–H groups in total. The molecule has 0 radical (unpaired) electrons. The van der Waals surface area contributed by atoms with E-state index >= 15 is 0 Å². The summed E-state index contributed by atoms with van der Waals surface area (Å²) in [5.41, 5.74) is 6.58. The SMILES string of the molecule is NC(CC(=O)O)(C1CC1)C12CC3CC(CC(C3)C1)C2. The second-order valence-corrected chi connectivity index (χ2v) is 8.08. The summed E-state index contributed by atoms with van der Waals surface area (Å²) in [7, 11) is 0. The zero-order valence-corrected chi connectivity index (χ0v) is 11.6. The highest BCUT2D eigenvalue weighted by Crippen LogP contribution is 2.67. The summed E-state index contributed by atoms with van der Waals surface area (Å²) in [5.74, 6) is 2.34. The maximum absolute atomic E-state index is 11.4. The summed E-state index contributed by atoms with van der Waals surface area (Å²) >= 11 is 0. The van der Waals surface area contributed by atoms with Crippen molar-refractivity contribution in [2.45, 2.75) is 63.3 Å². The van der Waals surface area contributed by atoms with E-state index in [1.54, 1.807) is 0 Å². The number of carboxylic acids is 1. The van der Waals surface area contributed by atoms with Crippen LogP contribution in [-0.2, 0) is 4.79 Å². The van der Waals surface area contributed by atoms with Crippen LogP contribution in [0.4, 0.5) is 0 Å². The van der Waals surface area contributed by atoms with E-state index in [1.807, 2.05) is 0 Å². The van der Waals surface area contributed by atoms with Crippen LogP contribution >= 0.6 is 0 Å². The van der Waals surface area contributed by atoms with Crippen molar-refractivity contribution in [3.63, 3.8) is 0 Å². The summed E-state index contributed by atoms with van der Waals surface area (Å²) in [6, 6.07) is 0. The molecular weight excluding hydrogens is 238 g/mol. The van der Waals surface area contributed by atoms with Crippen molar-refractivity contribution in [3.8, 4) is 0 Å². The lowest BCUT2D eigenvalue weighted by Gasteiger charge is -2.63. The quantitative estimate of drug-likeness (QED) is 0.819. The molecule has 106 valence electrons. The van der Waals surface area contributed by atoms with Crippen molar-refractivity contribution in [2.75, 3.05) is 0 Å². The fourth-order valence-corrected chi connectivity index (χ4v) is 6.29. The van der Waals surface area contributed by atoms with Crippen LogP contribution in [0.2, 0.25) is 0 Å². The molecule has 3 heteroatoms. The number of nitrogens with two attached hydrogens (primary N) is 1. The first-order valence-corrected chi connectivity index (χ1v) is 8.01. The van der Waals surface area contributed by atoms with Gasteiger partial charge in [0.1, 0.15) is 0 Å². The topological polar surface area (TPSA) is 63.3 Å². The van der Waals surface area contributed by atoms with Gasteiger partial charge in [0.15, 0.2) is 0 Å². The molecule has 3 nitrogen and oxygen atoms in total. The van der Waals surface area contributed by atoms with Crippen LogP contribution in [0.5, 0.6) is 0 Å². The molecule has 1 unspecified atom stereocenters. The number of rotatable bonds is 4. The zero-order chi connectivity index (χ0) is 13.3. The van der Waals surface area contributed by atoms with Crippen LogP contribution in [0.1, 0.15) is 57.8 Å². The molecule has 5 fully saturated rings. The normalized spacial score (nSPS) is 47.1. The summed E-state index contributed by atoms with van der Waals surface area (Å²) in [5, 5.41) is 9.35. The van der Waals surface area contributed by atoms with Gasteiger partial charge in [-0.25, -0.2) is 0 Å². The monoisotopic (exact) mass is 263 g/mol. The highest BCUT2D eigenvalue weighted by molar-refractivity contribution is 5.69. The fourth-order valence-electron chi connectivity index (χ4n) is 6.29. The predicted octanol–water partition coefficient (Wildman–Crippen LogP) is 2.79. The summed E-state index contributed by atoms with van der Waals surface area (Å²) in [6.45, 7) is 0. The maximum Gasteiger partial charge on any atom is 0.305 e. The van der Waals surface area contributed by atoms with Gasteiger partial charge in [-0.3, -0.25) is 4.79 Å². The maximum atomic E-state index is 11.4. The molecule has 5 aliphatic rings. The number of aliphatic carboxylic acids is 1. The van der Waals surface area contributed by atoms with Gasteiger partial charge in [0.25, 0.3) is 0 Å². The van der Waals surface area contributed by atoms with E-state index in [-0.39, 0.29) is 11.8 Å². The van der Waals surface area contributed by atoms with Crippen LogP contribution in [0.3, 0.4) is 0 Å². The van der Waals surface area contributed by atoms with Crippen molar-refractivity contribution < 1.29 is 9.90 Å². The lowest BCUT2D eigenvalue weighted by Crippen LogP contribution is -2.64. The zero-order valence-electron chi connectivity index (χ0n) is 11.6. The van der Waals surface area contributed by atoms with E-state index in [4.69, 9.17) is 5.73 Å². The molecule has 1 atom stereocenters. The van der Waals surface area contributed by atoms with Crippen molar-refractivity contribution in [2.24, 2.45) is 34.8 Å². The highest BCUT2D eigenvalue weighted by atomic mass is 16.4. The second-order valence-electron chi connectivity index (χ2n) is 8.08. The average Bonchev–Trinajstić information content (AvgIpc) is 3.09. The van der Waals surface area contributed by atoms with E-state index in [2.05, 4.69) is 0 Å². The standard InChI is InChI=1S/C16H25NO2/c17-16(9-14(18)19,13-1-2-13)15-6-10-3-11(7-15)5-12(4-10)8-15/h10-13H,1-9,17H2,(H,18,19). The summed E-state index contributed by atoms with van der Waals surface area (Å²) in [4.78, 5) is 11.4. The smallest absolute Gasteiger partial charge is 0.305 e.